The molecule has 0 amide bonds. The molecule has 0 spiro atoms. The molecule has 0 fully saturated rings. The minimum atomic E-state index is 0.480. The van der Waals surface area contributed by atoms with Gasteiger partial charge in [-0.3, -0.25) is 9.88 Å². The van der Waals surface area contributed by atoms with E-state index in [9.17, 15) is 0 Å². The van der Waals surface area contributed by atoms with E-state index in [0.717, 1.165) is 17.0 Å². The fraction of sp³-hybridized carbons (Fsp3) is 0.222. The van der Waals surface area contributed by atoms with Crippen LogP contribution in [0.5, 0.6) is 0 Å². The molecule has 4 aromatic heterocycles. The van der Waals surface area contributed by atoms with Crippen molar-refractivity contribution in [2.75, 3.05) is 7.05 Å². The predicted octanol–water partition coefficient (Wildman–Crippen LogP) is 3.32. The van der Waals surface area contributed by atoms with Crippen LogP contribution in [0.3, 0.4) is 0 Å². The number of nitrogens with zero attached hydrogens (tertiary/aromatic N) is 5. The summed E-state index contributed by atoms with van der Waals surface area (Å²) in [4.78, 5) is 14.9. The number of rotatable bonds is 6. The van der Waals surface area contributed by atoms with Gasteiger partial charge in [0.15, 0.2) is 5.76 Å². The van der Waals surface area contributed by atoms with Gasteiger partial charge in [0.25, 0.3) is 5.89 Å². The summed E-state index contributed by atoms with van der Waals surface area (Å²) in [7, 11) is 1.96. The van der Waals surface area contributed by atoms with Crippen LogP contribution in [0.1, 0.15) is 17.3 Å². The molecule has 8 nitrogen and oxygen atoms in total. The molecule has 8 heteroatoms. The second kappa shape index (κ2) is 6.93. The van der Waals surface area contributed by atoms with E-state index >= 15 is 0 Å². The van der Waals surface area contributed by atoms with Crippen molar-refractivity contribution in [2.24, 2.45) is 0 Å². The fourth-order valence-electron chi connectivity index (χ4n) is 2.56. The van der Waals surface area contributed by atoms with Gasteiger partial charge in [-0.25, -0.2) is 4.98 Å². The van der Waals surface area contributed by atoms with Crippen molar-refractivity contribution in [1.82, 2.24) is 25.0 Å². The number of furan rings is 1. The quantitative estimate of drug-likeness (QED) is 0.522. The van der Waals surface area contributed by atoms with Crippen LogP contribution >= 0.6 is 0 Å². The van der Waals surface area contributed by atoms with E-state index in [1.807, 2.05) is 37.1 Å². The highest BCUT2D eigenvalue weighted by Crippen LogP contribution is 2.23. The summed E-state index contributed by atoms with van der Waals surface area (Å²) < 4.78 is 16.3. The first kappa shape index (κ1) is 16.2. The van der Waals surface area contributed by atoms with Gasteiger partial charge < -0.3 is 13.4 Å². The molecular formula is C18H17N5O3. The molecule has 0 N–H and O–H groups in total. The second-order valence-corrected chi connectivity index (χ2v) is 5.92. The zero-order valence-corrected chi connectivity index (χ0v) is 14.4. The summed E-state index contributed by atoms with van der Waals surface area (Å²) in [5.74, 6) is 2.93. The van der Waals surface area contributed by atoms with Gasteiger partial charge in [0.2, 0.25) is 11.7 Å². The Balaban J connectivity index is 1.43. The zero-order valence-electron chi connectivity index (χ0n) is 14.4. The maximum absolute atomic E-state index is 5.68. The minimum absolute atomic E-state index is 0.480. The lowest BCUT2D eigenvalue weighted by Gasteiger charge is -2.12. The summed E-state index contributed by atoms with van der Waals surface area (Å²) in [6, 6.07) is 7.30. The summed E-state index contributed by atoms with van der Waals surface area (Å²) in [5.41, 5.74) is 1.71. The minimum Gasteiger partial charge on any atom is -0.459 e. The Hall–Kier alpha value is -3.26. The highest BCUT2D eigenvalue weighted by atomic mass is 16.5. The van der Waals surface area contributed by atoms with Crippen molar-refractivity contribution < 1.29 is 13.4 Å². The number of hydrogen-bond acceptors (Lipinski definition) is 8. The standard InChI is InChI=1S/C18H17N5O3/c1-12-14(20-18(25-12)15-4-3-9-24-15)10-23(2)11-16-21-17(22-26-16)13-5-7-19-8-6-13/h3-9H,10-11H2,1-2H3. The van der Waals surface area contributed by atoms with Gasteiger partial charge in [-0.2, -0.15) is 4.98 Å². The van der Waals surface area contributed by atoms with Gasteiger partial charge in [-0.15, -0.1) is 0 Å². The lowest BCUT2D eigenvalue weighted by molar-refractivity contribution is 0.258. The number of aryl methyl sites for hydroxylation is 1. The summed E-state index contributed by atoms with van der Waals surface area (Å²) in [6.45, 7) is 2.97. The van der Waals surface area contributed by atoms with Crippen LogP contribution in [0.25, 0.3) is 23.0 Å². The first-order chi connectivity index (χ1) is 12.7. The van der Waals surface area contributed by atoms with E-state index < -0.39 is 0 Å². The monoisotopic (exact) mass is 351 g/mol. The number of pyridine rings is 1. The summed E-state index contributed by atoms with van der Waals surface area (Å²) in [5, 5.41) is 4.01. The Morgan fingerprint density at radius 3 is 2.69 bits per heavy atom. The molecule has 0 radical (unpaired) electrons. The molecule has 0 saturated heterocycles. The smallest absolute Gasteiger partial charge is 0.263 e. The van der Waals surface area contributed by atoms with Crippen LogP contribution in [0.2, 0.25) is 0 Å². The van der Waals surface area contributed by atoms with E-state index in [1.54, 1.807) is 24.7 Å². The molecule has 4 aromatic rings. The SMILES string of the molecule is Cc1oc(-c2ccco2)nc1CN(C)Cc1nc(-c2ccncc2)no1. The molecule has 0 aliphatic carbocycles. The maximum Gasteiger partial charge on any atom is 0.263 e. The Kier molecular flexibility index (Phi) is 4.32. The Bertz CT molecular complexity index is 976. The average Bonchev–Trinajstić information content (AvgIpc) is 3.38. The van der Waals surface area contributed by atoms with Crippen molar-refractivity contribution in [3.8, 4) is 23.0 Å². The molecule has 0 aromatic carbocycles. The third-order valence-corrected chi connectivity index (χ3v) is 3.86. The van der Waals surface area contributed by atoms with Crippen LogP contribution in [0.15, 0.2) is 56.3 Å². The second-order valence-electron chi connectivity index (χ2n) is 5.92. The van der Waals surface area contributed by atoms with E-state index in [0.29, 0.717) is 36.5 Å². The van der Waals surface area contributed by atoms with Gasteiger partial charge in [0.1, 0.15) is 5.76 Å². The highest BCUT2D eigenvalue weighted by Gasteiger charge is 2.16. The fourth-order valence-corrected chi connectivity index (χ4v) is 2.56. The molecular weight excluding hydrogens is 334 g/mol. The number of hydrogen-bond donors (Lipinski definition) is 0. The van der Waals surface area contributed by atoms with E-state index in [2.05, 4.69) is 20.1 Å². The molecule has 0 aliphatic rings. The van der Waals surface area contributed by atoms with E-state index in [1.165, 1.54) is 0 Å². The van der Waals surface area contributed by atoms with Crippen LogP contribution in [-0.2, 0) is 13.1 Å². The highest BCUT2D eigenvalue weighted by molar-refractivity contribution is 5.52. The molecule has 0 bridgehead atoms. The van der Waals surface area contributed by atoms with Crippen molar-refractivity contribution in [2.45, 2.75) is 20.0 Å². The lowest BCUT2D eigenvalue weighted by Crippen LogP contribution is -2.18. The zero-order chi connectivity index (χ0) is 17.9. The van der Waals surface area contributed by atoms with E-state index in [-0.39, 0.29) is 0 Å². The largest absolute Gasteiger partial charge is 0.459 e. The van der Waals surface area contributed by atoms with Crippen molar-refractivity contribution >= 4 is 0 Å². The molecule has 0 unspecified atom stereocenters. The normalized spacial score (nSPS) is 11.3. The van der Waals surface area contributed by atoms with Crippen LogP contribution < -0.4 is 0 Å². The van der Waals surface area contributed by atoms with Crippen LogP contribution in [0, 0.1) is 6.92 Å². The van der Waals surface area contributed by atoms with E-state index in [4.69, 9.17) is 13.4 Å². The number of oxazole rings is 1. The Morgan fingerprint density at radius 2 is 1.92 bits per heavy atom. The third-order valence-electron chi connectivity index (χ3n) is 3.86. The van der Waals surface area contributed by atoms with Crippen LogP contribution in [-0.4, -0.2) is 32.1 Å². The van der Waals surface area contributed by atoms with Crippen LogP contribution in [0.4, 0.5) is 0 Å². The first-order valence-electron chi connectivity index (χ1n) is 8.11. The molecule has 0 atom stereocenters. The molecule has 4 heterocycles. The summed E-state index contributed by atoms with van der Waals surface area (Å²) in [6.07, 6.45) is 4.99. The predicted molar refractivity (Wildman–Crippen MR) is 91.6 cm³/mol. The third kappa shape index (κ3) is 3.40. The maximum atomic E-state index is 5.68. The number of aromatic nitrogens is 4. The first-order valence-corrected chi connectivity index (χ1v) is 8.11. The van der Waals surface area contributed by atoms with Crippen molar-refractivity contribution in [1.29, 1.82) is 0 Å². The van der Waals surface area contributed by atoms with Gasteiger partial charge in [0.05, 0.1) is 18.5 Å². The Morgan fingerprint density at radius 1 is 1.08 bits per heavy atom. The lowest BCUT2D eigenvalue weighted by atomic mass is 10.2. The van der Waals surface area contributed by atoms with Gasteiger partial charge in [-0.1, -0.05) is 5.16 Å². The van der Waals surface area contributed by atoms with Gasteiger partial charge >= 0.3 is 0 Å². The molecule has 0 aliphatic heterocycles. The molecule has 132 valence electrons. The molecule has 4 rings (SSSR count). The molecule has 0 saturated carbocycles. The average molecular weight is 351 g/mol. The van der Waals surface area contributed by atoms with Crippen molar-refractivity contribution in [3.63, 3.8) is 0 Å². The summed E-state index contributed by atoms with van der Waals surface area (Å²) >= 11 is 0. The van der Waals surface area contributed by atoms with Gasteiger partial charge in [-0.05, 0) is 38.2 Å². The molecule has 26 heavy (non-hydrogen) atoms. The topological polar surface area (TPSA) is 94.2 Å². The van der Waals surface area contributed by atoms with Crippen molar-refractivity contribution in [3.05, 3.63) is 60.3 Å². The Labute approximate surface area is 149 Å². The van der Waals surface area contributed by atoms with Gasteiger partial charge in [0, 0.05) is 24.5 Å².